The standard InChI is InChI=1S/C22H31FN2O5S2/c1-17(2)16-25(22-7-5-4-6-21(22)23)32(28,29)20-10-8-18(9-11-20)30-19-12-14-24(15-13-19)31(3,26)27/h5,7-11,17,19H,4,6,12-16H2,1-3H3. The lowest BCUT2D eigenvalue weighted by atomic mass is 10.1. The summed E-state index contributed by atoms with van der Waals surface area (Å²) in [4.78, 5) is 0.0664. The predicted molar refractivity (Wildman–Crippen MR) is 122 cm³/mol. The third-order valence-corrected chi connectivity index (χ3v) is 8.57. The third kappa shape index (κ3) is 5.90. The number of sulfonamides is 2. The Bertz CT molecular complexity index is 1070. The lowest BCUT2D eigenvalue weighted by molar-refractivity contribution is 0.135. The van der Waals surface area contributed by atoms with Crippen LogP contribution in [0.1, 0.15) is 39.5 Å². The van der Waals surface area contributed by atoms with E-state index in [1.54, 1.807) is 24.3 Å². The predicted octanol–water partition coefficient (Wildman–Crippen LogP) is 3.67. The van der Waals surface area contributed by atoms with Crippen molar-refractivity contribution in [1.29, 1.82) is 0 Å². The first-order valence-corrected chi connectivity index (χ1v) is 14.1. The topological polar surface area (TPSA) is 84.0 Å². The normalized spacial score (nSPS) is 18.9. The number of ether oxygens (including phenoxy) is 1. The van der Waals surface area contributed by atoms with Gasteiger partial charge in [0.2, 0.25) is 10.0 Å². The van der Waals surface area contributed by atoms with E-state index in [4.69, 9.17) is 4.74 Å². The van der Waals surface area contributed by atoms with E-state index in [9.17, 15) is 21.2 Å². The van der Waals surface area contributed by atoms with Gasteiger partial charge in [-0.3, -0.25) is 4.31 Å². The molecule has 1 aliphatic carbocycles. The minimum atomic E-state index is -3.95. The van der Waals surface area contributed by atoms with E-state index < -0.39 is 25.9 Å². The molecule has 10 heteroatoms. The average molecular weight is 487 g/mol. The first kappa shape index (κ1) is 24.7. The summed E-state index contributed by atoms with van der Waals surface area (Å²) >= 11 is 0. The Balaban J connectivity index is 1.74. The maximum Gasteiger partial charge on any atom is 0.264 e. The zero-order valence-electron chi connectivity index (χ0n) is 18.7. The summed E-state index contributed by atoms with van der Waals surface area (Å²) in [5.74, 6) is 0.109. The molecule has 1 saturated heterocycles. The lowest BCUT2D eigenvalue weighted by Crippen LogP contribution is -2.41. The van der Waals surface area contributed by atoms with Crippen molar-refractivity contribution in [2.24, 2.45) is 5.92 Å². The van der Waals surface area contributed by atoms with Crippen LogP contribution in [0.4, 0.5) is 4.39 Å². The Labute approximate surface area is 190 Å². The van der Waals surface area contributed by atoms with E-state index in [1.165, 1.54) is 22.7 Å². The van der Waals surface area contributed by atoms with Crippen LogP contribution in [-0.4, -0.2) is 57.4 Å². The highest BCUT2D eigenvalue weighted by atomic mass is 32.2. The van der Waals surface area contributed by atoms with Crippen molar-refractivity contribution in [3.05, 3.63) is 47.9 Å². The van der Waals surface area contributed by atoms with Crippen molar-refractivity contribution >= 4 is 20.0 Å². The first-order chi connectivity index (χ1) is 15.0. The van der Waals surface area contributed by atoms with Crippen molar-refractivity contribution in [2.75, 3.05) is 25.9 Å². The number of hydrogen-bond donors (Lipinski definition) is 0. The number of hydrogen-bond acceptors (Lipinski definition) is 5. The van der Waals surface area contributed by atoms with Crippen LogP contribution < -0.4 is 4.74 Å². The summed E-state index contributed by atoms with van der Waals surface area (Å²) in [7, 11) is -7.15. The highest BCUT2D eigenvalue weighted by Gasteiger charge is 2.30. The quantitative estimate of drug-likeness (QED) is 0.560. The summed E-state index contributed by atoms with van der Waals surface area (Å²) in [6.07, 6.45) is 6.26. The summed E-state index contributed by atoms with van der Waals surface area (Å²) in [5.41, 5.74) is 0.0999. The maximum absolute atomic E-state index is 14.5. The minimum Gasteiger partial charge on any atom is -0.490 e. The molecule has 2 aliphatic rings. The van der Waals surface area contributed by atoms with Gasteiger partial charge in [0.15, 0.2) is 0 Å². The van der Waals surface area contributed by atoms with Gasteiger partial charge in [0, 0.05) is 26.1 Å². The molecule has 1 heterocycles. The minimum absolute atomic E-state index is 0.0146. The zero-order valence-corrected chi connectivity index (χ0v) is 20.3. The highest BCUT2D eigenvalue weighted by molar-refractivity contribution is 7.89. The Morgan fingerprint density at radius 2 is 1.75 bits per heavy atom. The van der Waals surface area contributed by atoms with E-state index in [0.717, 1.165) is 4.31 Å². The molecular weight excluding hydrogens is 455 g/mol. The van der Waals surface area contributed by atoms with Crippen molar-refractivity contribution in [2.45, 2.75) is 50.5 Å². The van der Waals surface area contributed by atoms with Crippen LogP contribution in [0.5, 0.6) is 5.75 Å². The molecule has 0 atom stereocenters. The van der Waals surface area contributed by atoms with E-state index in [1.807, 2.05) is 13.8 Å². The number of piperidine rings is 1. The molecule has 1 aromatic carbocycles. The molecule has 0 N–H and O–H groups in total. The summed E-state index contributed by atoms with van der Waals surface area (Å²) in [6.45, 7) is 4.74. The molecule has 7 nitrogen and oxygen atoms in total. The van der Waals surface area contributed by atoms with E-state index in [-0.39, 0.29) is 35.6 Å². The fraction of sp³-hybridized carbons (Fsp3) is 0.545. The van der Waals surface area contributed by atoms with Crippen LogP contribution >= 0.6 is 0 Å². The molecule has 178 valence electrons. The van der Waals surface area contributed by atoms with Crippen LogP contribution in [0.3, 0.4) is 0 Å². The van der Waals surface area contributed by atoms with Gasteiger partial charge in [0.25, 0.3) is 10.0 Å². The fourth-order valence-corrected chi connectivity index (χ4v) is 6.31. The van der Waals surface area contributed by atoms with Crippen LogP contribution in [-0.2, 0) is 20.0 Å². The number of benzene rings is 1. The molecule has 0 radical (unpaired) electrons. The van der Waals surface area contributed by atoms with Gasteiger partial charge in [-0.15, -0.1) is 0 Å². The Morgan fingerprint density at radius 1 is 1.12 bits per heavy atom. The molecule has 1 fully saturated rings. The second kappa shape index (κ2) is 9.93. The van der Waals surface area contributed by atoms with Crippen molar-refractivity contribution in [3.63, 3.8) is 0 Å². The van der Waals surface area contributed by atoms with Gasteiger partial charge in [-0.25, -0.2) is 25.5 Å². The van der Waals surface area contributed by atoms with Crippen LogP contribution in [0.2, 0.25) is 0 Å². The lowest BCUT2D eigenvalue weighted by Gasteiger charge is -2.30. The van der Waals surface area contributed by atoms with Crippen molar-refractivity contribution < 1.29 is 26.0 Å². The van der Waals surface area contributed by atoms with Gasteiger partial charge in [-0.1, -0.05) is 19.9 Å². The summed E-state index contributed by atoms with van der Waals surface area (Å²) < 4.78 is 72.9. The Kier molecular flexibility index (Phi) is 7.67. The number of halogens is 1. The van der Waals surface area contributed by atoms with E-state index in [2.05, 4.69) is 0 Å². The maximum atomic E-state index is 14.5. The number of rotatable bonds is 8. The smallest absolute Gasteiger partial charge is 0.264 e. The van der Waals surface area contributed by atoms with Gasteiger partial charge in [-0.05, 0) is 55.5 Å². The number of allylic oxidation sites excluding steroid dienone is 3. The summed E-state index contributed by atoms with van der Waals surface area (Å²) in [6, 6.07) is 6.11. The first-order valence-electron chi connectivity index (χ1n) is 10.8. The van der Waals surface area contributed by atoms with E-state index >= 15 is 0 Å². The molecule has 32 heavy (non-hydrogen) atoms. The molecule has 0 bridgehead atoms. The summed E-state index contributed by atoms with van der Waals surface area (Å²) in [5, 5.41) is 0. The second-order valence-electron chi connectivity index (χ2n) is 8.61. The molecular formula is C22H31FN2O5S2. The molecule has 0 aromatic heterocycles. The van der Waals surface area contributed by atoms with Gasteiger partial charge >= 0.3 is 0 Å². The fourth-order valence-electron chi connectivity index (χ4n) is 3.79. The monoisotopic (exact) mass is 486 g/mol. The number of nitrogens with zero attached hydrogens (tertiary/aromatic N) is 2. The molecule has 0 saturated carbocycles. The highest BCUT2D eigenvalue weighted by Crippen LogP contribution is 2.30. The zero-order chi connectivity index (χ0) is 23.5. The third-order valence-electron chi connectivity index (χ3n) is 5.47. The molecule has 1 aliphatic heterocycles. The Hall–Kier alpha value is -1.91. The van der Waals surface area contributed by atoms with Crippen LogP contribution in [0.25, 0.3) is 0 Å². The van der Waals surface area contributed by atoms with Gasteiger partial charge in [-0.2, -0.15) is 0 Å². The van der Waals surface area contributed by atoms with Crippen LogP contribution in [0, 0.1) is 5.92 Å². The van der Waals surface area contributed by atoms with Gasteiger partial charge in [0.05, 0.1) is 16.8 Å². The molecule has 3 rings (SSSR count). The van der Waals surface area contributed by atoms with Gasteiger partial charge in [0.1, 0.15) is 17.7 Å². The average Bonchev–Trinajstić information content (AvgIpc) is 2.72. The van der Waals surface area contributed by atoms with E-state index in [0.29, 0.717) is 38.1 Å². The molecule has 1 aromatic rings. The Morgan fingerprint density at radius 3 is 2.28 bits per heavy atom. The van der Waals surface area contributed by atoms with Crippen molar-refractivity contribution in [3.8, 4) is 5.75 Å². The largest absolute Gasteiger partial charge is 0.490 e. The van der Waals surface area contributed by atoms with Gasteiger partial charge < -0.3 is 4.74 Å². The second-order valence-corrected chi connectivity index (χ2v) is 12.5. The SMILES string of the molecule is CC(C)CN(C1=C(F)CCC=C1)S(=O)(=O)c1ccc(OC2CCN(S(C)(=O)=O)CC2)cc1. The molecule has 0 unspecified atom stereocenters. The van der Waals surface area contributed by atoms with Crippen LogP contribution in [0.15, 0.2) is 52.8 Å². The molecule has 0 spiro atoms. The van der Waals surface area contributed by atoms with Crippen molar-refractivity contribution in [1.82, 2.24) is 8.61 Å². The molecule has 0 amide bonds.